The summed E-state index contributed by atoms with van der Waals surface area (Å²) in [5.74, 6) is -0.568. The predicted octanol–water partition coefficient (Wildman–Crippen LogP) is 2.02. The molecule has 1 unspecified atom stereocenters. The molecular weight excluding hydrogens is 276 g/mol. The molecule has 0 amide bonds. The Morgan fingerprint density at radius 1 is 1.55 bits per heavy atom. The first-order chi connectivity index (χ1) is 9.58. The van der Waals surface area contributed by atoms with Crippen molar-refractivity contribution in [2.45, 2.75) is 26.4 Å². The van der Waals surface area contributed by atoms with E-state index >= 15 is 0 Å². The van der Waals surface area contributed by atoms with Gasteiger partial charge in [0.15, 0.2) is 5.69 Å². The topological polar surface area (TPSA) is 80.0 Å². The van der Waals surface area contributed by atoms with E-state index in [1.165, 1.54) is 11.1 Å². The molecule has 7 heteroatoms. The van der Waals surface area contributed by atoms with E-state index in [4.69, 9.17) is 5.11 Å². The third kappa shape index (κ3) is 3.64. The summed E-state index contributed by atoms with van der Waals surface area (Å²) in [7, 11) is 0. The van der Waals surface area contributed by atoms with E-state index in [9.17, 15) is 4.79 Å². The highest BCUT2D eigenvalue weighted by Crippen LogP contribution is 2.25. The van der Waals surface area contributed by atoms with Gasteiger partial charge >= 0.3 is 5.97 Å². The highest BCUT2D eigenvalue weighted by Gasteiger charge is 2.16. The van der Waals surface area contributed by atoms with Crippen LogP contribution in [0, 0.1) is 5.92 Å². The summed E-state index contributed by atoms with van der Waals surface area (Å²) in [5.41, 5.74) is -0.0244. The first kappa shape index (κ1) is 14.7. The van der Waals surface area contributed by atoms with E-state index in [-0.39, 0.29) is 5.69 Å². The van der Waals surface area contributed by atoms with E-state index in [0.29, 0.717) is 25.0 Å². The number of nitrogens with zero attached hydrogens (tertiary/aromatic N) is 3. The van der Waals surface area contributed by atoms with Gasteiger partial charge in [0.25, 0.3) is 0 Å². The minimum absolute atomic E-state index is 0.0244. The second-order valence-corrected chi connectivity index (χ2v) is 5.84. The molecule has 0 fully saturated rings. The van der Waals surface area contributed by atoms with Crippen LogP contribution in [0.1, 0.15) is 35.3 Å². The van der Waals surface area contributed by atoms with Gasteiger partial charge < -0.3 is 10.4 Å². The average molecular weight is 294 g/mol. The van der Waals surface area contributed by atoms with Crippen LogP contribution in [0.3, 0.4) is 0 Å². The Kier molecular flexibility index (Phi) is 4.86. The fourth-order valence-electron chi connectivity index (χ4n) is 1.97. The lowest BCUT2D eigenvalue weighted by atomic mass is 10.0. The van der Waals surface area contributed by atoms with E-state index in [1.54, 1.807) is 16.0 Å². The highest BCUT2D eigenvalue weighted by molar-refractivity contribution is 7.10. The van der Waals surface area contributed by atoms with Crippen molar-refractivity contribution in [1.82, 2.24) is 20.3 Å². The molecule has 0 saturated heterocycles. The number of carbonyl (C=O) groups is 1. The van der Waals surface area contributed by atoms with Crippen molar-refractivity contribution in [3.8, 4) is 0 Å². The zero-order valence-electron chi connectivity index (χ0n) is 11.5. The molecule has 0 saturated carbocycles. The highest BCUT2D eigenvalue weighted by atomic mass is 32.1. The summed E-state index contributed by atoms with van der Waals surface area (Å²) in [4.78, 5) is 12.0. The molecule has 2 aromatic rings. The maximum atomic E-state index is 10.7. The number of thiophene rings is 1. The molecule has 0 bridgehead atoms. The summed E-state index contributed by atoms with van der Waals surface area (Å²) in [6.07, 6.45) is 1.44. The number of hydrogen-bond acceptors (Lipinski definition) is 5. The molecule has 0 spiro atoms. The first-order valence-electron chi connectivity index (χ1n) is 6.48. The lowest BCUT2D eigenvalue weighted by Crippen LogP contribution is -2.28. The first-order valence-corrected chi connectivity index (χ1v) is 7.36. The Labute approximate surface area is 121 Å². The molecule has 0 aromatic carbocycles. The van der Waals surface area contributed by atoms with Gasteiger partial charge in [-0.3, -0.25) is 4.68 Å². The molecule has 20 heavy (non-hydrogen) atoms. The van der Waals surface area contributed by atoms with Crippen molar-refractivity contribution in [2.75, 3.05) is 6.54 Å². The predicted molar refractivity (Wildman–Crippen MR) is 76.9 cm³/mol. The maximum absolute atomic E-state index is 10.7. The summed E-state index contributed by atoms with van der Waals surface area (Å²) in [6, 6.07) is 4.48. The van der Waals surface area contributed by atoms with Crippen LogP contribution >= 0.6 is 11.3 Å². The molecule has 108 valence electrons. The Hall–Kier alpha value is -1.73. The van der Waals surface area contributed by atoms with Crippen LogP contribution in [0.15, 0.2) is 23.7 Å². The number of carboxylic acids is 1. The molecule has 0 aliphatic carbocycles. The van der Waals surface area contributed by atoms with Gasteiger partial charge in [0.05, 0.1) is 12.7 Å². The third-order valence-electron chi connectivity index (χ3n) is 2.98. The molecule has 6 nitrogen and oxygen atoms in total. The second-order valence-electron chi connectivity index (χ2n) is 4.86. The second kappa shape index (κ2) is 6.62. The Morgan fingerprint density at radius 2 is 2.35 bits per heavy atom. The van der Waals surface area contributed by atoms with Gasteiger partial charge in [0.1, 0.15) is 0 Å². The minimum Gasteiger partial charge on any atom is -0.476 e. The SMILES string of the molecule is CC(C)C(NCCn1cc(C(=O)O)nn1)c1cccs1. The van der Waals surface area contributed by atoms with E-state index in [2.05, 4.69) is 40.9 Å². The molecule has 2 rings (SSSR count). The van der Waals surface area contributed by atoms with Gasteiger partial charge in [-0.2, -0.15) is 0 Å². The number of carboxylic acid groups (broad SMARTS) is 1. The van der Waals surface area contributed by atoms with Crippen molar-refractivity contribution < 1.29 is 9.90 Å². The average Bonchev–Trinajstić information content (AvgIpc) is 3.05. The number of nitrogens with one attached hydrogen (secondary N) is 1. The Balaban J connectivity index is 1.88. The van der Waals surface area contributed by atoms with E-state index in [1.807, 2.05) is 6.07 Å². The van der Waals surface area contributed by atoms with Crippen molar-refractivity contribution in [1.29, 1.82) is 0 Å². The molecule has 0 radical (unpaired) electrons. The summed E-state index contributed by atoms with van der Waals surface area (Å²) in [6.45, 7) is 5.66. The standard InChI is InChI=1S/C13H18N4O2S/c1-9(2)12(11-4-3-7-20-11)14-5-6-17-8-10(13(18)19)15-16-17/h3-4,7-9,12,14H,5-6H2,1-2H3,(H,18,19). The summed E-state index contributed by atoms with van der Waals surface area (Å²) in [5, 5.41) is 21.7. The summed E-state index contributed by atoms with van der Waals surface area (Å²) < 4.78 is 1.54. The zero-order valence-corrected chi connectivity index (χ0v) is 12.3. The Morgan fingerprint density at radius 3 is 2.90 bits per heavy atom. The van der Waals surface area contributed by atoms with Gasteiger partial charge in [0, 0.05) is 17.5 Å². The molecule has 0 aliphatic rings. The minimum atomic E-state index is -1.05. The summed E-state index contributed by atoms with van der Waals surface area (Å²) >= 11 is 1.74. The number of aromatic nitrogens is 3. The molecular formula is C13H18N4O2S. The van der Waals surface area contributed by atoms with Gasteiger partial charge in [-0.25, -0.2) is 4.79 Å². The van der Waals surface area contributed by atoms with Crippen LogP contribution in [0.4, 0.5) is 0 Å². The zero-order chi connectivity index (χ0) is 14.5. The number of rotatable bonds is 7. The van der Waals surface area contributed by atoms with Crippen LogP contribution in [-0.2, 0) is 6.54 Å². The molecule has 0 aliphatic heterocycles. The van der Waals surface area contributed by atoms with Crippen molar-refractivity contribution in [3.63, 3.8) is 0 Å². The molecule has 2 heterocycles. The van der Waals surface area contributed by atoms with Crippen molar-refractivity contribution >= 4 is 17.3 Å². The van der Waals surface area contributed by atoms with Gasteiger partial charge in [-0.15, -0.1) is 16.4 Å². The van der Waals surface area contributed by atoms with Crippen LogP contribution in [0.2, 0.25) is 0 Å². The monoisotopic (exact) mass is 294 g/mol. The lowest BCUT2D eigenvalue weighted by molar-refractivity contribution is 0.0690. The van der Waals surface area contributed by atoms with Crippen molar-refractivity contribution in [3.05, 3.63) is 34.3 Å². The van der Waals surface area contributed by atoms with Gasteiger partial charge in [-0.1, -0.05) is 25.1 Å². The fourth-order valence-corrected chi connectivity index (χ4v) is 2.95. The largest absolute Gasteiger partial charge is 0.476 e. The third-order valence-corrected chi connectivity index (χ3v) is 3.93. The van der Waals surface area contributed by atoms with Gasteiger partial charge in [-0.05, 0) is 17.4 Å². The van der Waals surface area contributed by atoms with E-state index in [0.717, 1.165) is 0 Å². The van der Waals surface area contributed by atoms with Crippen LogP contribution < -0.4 is 5.32 Å². The Bertz CT molecular complexity index is 550. The molecule has 1 atom stereocenters. The number of aromatic carboxylic acids is 1. The van der Waals surface area contributed by atoms with Gasteiger partial charge in [0.2, 0.25) is 0 Å². The normalized spacial score (nSPS) is 12.8. The number of hydrogen-bond donors (Lipinski definition) is 2. The fraction of sp³-hybridized carbons (Fsp3) is 0.462. The maximum Gasteiger partial charge on any atom is 0.358 e. The molecule has 2 aromatic heterocycles. The van der Waals surface area contributed by atoms with Crippen molar-refractivity contribution in [2.24, 2.45) is 5.92 Å². The smallest absolute Gasteiger partial charge is 0.358 e. The van der Waals surface area contributed by atoms with Crippen LogP contribution in [-0.4, -0.2) is 32.6 Å². The molecule has 2 N–H and O–H groups in total. The van der Waals surface area contributed by atoms with Crippen LogP contribution in [0.25, 0.3) is 0 Å². The van der Waals surface area contributed by atoms with E-state index < -0.39 is 5.97 Å². The lowest BCUT2D eigenvalue weighted by Gasteiger charge is -2.21. The van der Waals surface area contributed by atoms with Crippen LogP contribution in [0.5, 0.6) is 0 Å². The quantitative estimate of drug-likeness (QED) is 0.816.